The minimum Gasteiger partial charge on any atom is -0.460 e. The van der Waals surface area contributed by atoms with E-state index in [2.05, 4.69) is 10.3 Å². The van der Waals surface area contributed by atoms with Gasteiger partial charge >= 0.3 is 12.1 Å². The predicted molar refractivity (Wildman–Crippen MR) is 77.8 cm³/mol. The molecule has 24 heavy (non-hydrogen) atoms. The third-order valence-corrected chi connectivity index (χ3v) is 2.95. The Hall–Kier alpha value is -2.90. The van der Waals surface area contributed by atoms with Crippen molar-refractivity contribution in [2.24, 2.45) is 0 Å². The minimum atomic E-state index is -4.57. The number of carbonyl (C=O) groups excluding carboxylic acids is 2. The molecular weight excluding hydrogens is 325 g/mol. The number of ether oxygens (including phenoxy) is 1. The van der Waals surface area contributed by atoms with E-state index in [-0.39, 0.29) is 12.2 Å². The smallest absolute Gasteiger partial charge is 0.433 e. The first-order valence-corrected chi connectivity index (χ1v) is 6.87. The number of aromatic nitrogens is 1. The van der Waals surface area contributed by atoms with Crippen molar-refractivity contribution in [1.82, 2.24) is 10.3 Å². The van der Waals surface area contributed by atoms with E-state index in [4.69, 9.17) is 4.74 Å². The lowest BCUT2D eigenvalue weighted by atomic mass is 10.2. The second kappa shape index (κ2) is 7.58. The maximum Gasteiger partial charge on any atom is 0.433 e. The molecule has 2 rings (SSSR count). The molecule has 5 nitrogen and oxygen atoms in total. The SMILES string of the molecule is O=C(CNC(=O)c1ccc(C(F)(F)F)nc1)OCc1ccccc1. The van der Waals surface area contributed by atoms with Gasteiger partial charge in [-0.1, -0.05) is 30.3 Å². The van der Waals surface area contributed by atoms with Crippen LogP contribution in [0.4, 0.5) is 13.2 Å². The Bertz CT molecular complexity index is 701. The molecule has 0 unspecified atom stereocenters. The van der Waals surface area contributed by atoms with Gasteiger partial charge in [-0.25, -0.2) is 0 Å². The summed E-state index contributed by atoms with van der Waals surface area (Å²) >= 11 is 0. The molecule has 0 aliphatic rings. The Kier molecular flexibility index (Phi) is 5.51. The van der Waals surface area contributed by atoms with E-state index in [0.29, 0.717) is 6.07 Å². The average Bonchev–Trinajstić information content (AvgIpc) is 2.58. The topological polar surface area (TPSA) is 68.3 Å². The van der Waals surface area contributed by atoms with Crippen molar-refractivity contribution >= 4 is 11.9 Å². The van der Waals surface area contributed by atoms with Gasteiger partial charge in [0, 0.05) is 6.20 Å². The lowest BCUT2D eigenvalue weighted by Crippen LogP contribution is -2.30. The van der Waals surface area contributed by atoms with Gasteiger partial charge in [0.2, 0.25) is 0 Å². The Labute approximate surface area is 135 Å². The molecule has 0 spiro atoms. The monoisotopic (exact) mass is 338 g/mol. The summed E-state index contributed by atoms with van der Waals surface area (Å²) in [6.07, 6.45) is -3.77. The summed E-state index contributed by atoms with van der Waals surface area (Å²) in [7, 11) is 0. The molecule has 0 aliphatic heterocycles. The molecule has 0 saturated carbocycles. The van der Waals surface area contributed by atoms with Gasteiger partial charge < -0.3 is 10.1 Å². The maximum absolute atomic E-state index is 12.4. The normalized spacial score (nSPS) is 11.0. The molecule has 126 valence electrons. The lowest BCUT2D eigenvalue weighted by Gasteiger charge is -2.08. The second-order valence-electron chi connectivity index (χ2n) is 4.76. The van der Waals surface area contributed by atoms with Crippen molar-refractivity contribution in [3.8, 4) is 0 Å². The number of halogens is 3. The van der Waals surface area contributed by atoms with Crippen LogP contribution in [0.3, 0.4) is 0 Å². The fraction of sp³-hybridized carbons (Fsp3) is 0.188. The fourth-order valence-electron chi connectivity index (χ4n) is 1.74. The molecule has 0 radical (unpaired) electrons. The maximum atomic E-state index is 12.4. The summed E-state index contributed by atoms with van der Waals surface area (Å²) in [5, 5.41) is 2.26. The largest absolute Gasteiger partial charge is 0.460 e. The number of nitrogens with one attached hydrogen (secondary N) is 1. The lowest BCUT2D eigenvalue weighted by molar-refractivity contribution is -0.143. The number of carbonyl (C=O) groups is 2. The molecule has 0 bridgehead atoms. The van der Waals surface area contributed by atoms with Crippen molar-refractivity contribution in [1.29, 1.82) is 0 Å². The summed E-state index contributed by atoms with van der Waals surface area (Å²) in [5.41, 5.74) is -0.385. The van der Waals surface area contributed by atoms with Crippen LogP contribution in [0.2, 0.25) is 0 Å². The van der Waals surface area contributed by atoms with E-state index in [1.54, 1.807) is 24.3 Å². The number of nitrogens with zero attached hydrogens (tertiary/aromatic N) is 1. The van der Waals surface area contributed by atoms with Crippen LogP contribution in [0.15, 0.2) is 48.7 Å². The zero-order valence-electron chi connectivity index (χ0n) is 12.3. The summed E-state index contributed by atoms with van der Waals surface area (Å²) < 4.78 is 42.1. The highest BCUT2D eigenvalue weighted by Gasteiger charge is 2.32. The Balaban J connectivity index is 1.81. The molecule has 1 aromatic carbocycles. The number of amides is 1. The first-order chi connectivity index (χ1) is 11.4. The number of pyridine rings is 1. The van der Waals surface area contributed by atoms with Crippen LogP contribution in [-0.2, 0) is 22.3 Å². The molecule has 1 N–H and O–H groups in total. The van der Waals surface area contributed by atoms with E-state index < -0.39 is 30.3 Å². The van der Waals surface area contributed by atoms with E-state index >= 15 is 0 Å². The van der Waals surface area contributed by atoms with Crippen molar-refractivity contribution < 1.29 is 27.5 Å². The molecule has 0 atom stereocenters. The minimum absolute atomic E-state index is 0.0668. The molecule has 2 aromatic rings. The fourth-order valence-corrected chi connectivity index (χ4v) is 1.74. The average molecular weight is 338 g/mol. The highest BCUT2D eigenvalue weighted by atomic mass is 19.4. The highest BCUT2D eigenvalue weighted by Crippen LogP contribution is 2.27. The van der Waals surface area contributed by atoms with Gasteiger partial charge in [-0.3, -0.25) is 14.6 Å². The quantitative estimate of drug-likeness (QED) is 0.851. The zero-order chi connectivity index (χ0) is 17.6. The van der Waals surface area contributed by atoms with Crippen molar-refractivity contribution in [2.45, 2.75) is 12.8 Å². The van der Waals surface area contributed by atoms with Gasteiger partial charge in [0.1, 0.15) is 18.8 Å². The van der Waals surface area contributed by atoms with Crippen LogP contribution in [0.25, 0.3) is 0 Å². The molecule has 1 amide bonds. The molecular formula is C16H13F3N2O3. The van der Waals surface area contributed by atoms with Crippen LogP contribution in [0.5, 0.6) is 0 Å². The van der Waals surface area contributed by atoms with Crippen molar-refractivity contribution in [2.75, 3.05) is 6.54 Å². The number of benzene rings is 1. The third-order valence-electron chi connectivity index (χ3n) is 2.95. The molecule has 0 saturated heterocycles. The molecule has 0 aliphatic carbocycles. The van der Waals surface area contributed by atoms with E-state index in [9.17, 15) is 22.8 Å². The van der Waals surface area contributed by atoms with Crippen LogP contribution < -0.4 is 5.32 Å². The predicted octanol–water partition coefficient (Wildman–Crippen LogP) is 2.57. The van der Waals surface area contributed by atoms with Crippen molar-refractivity contribution in [3.63, 3.8) is 0 Å². The van der Waals surface area contributed by atoms with Crippen LogP contribution in [0, 0.1) is 0 Å². The number of hydrogen-bond acceptors (Lipinski definition) is 4. The van der Waals surface area contributed by atoms with Gasteiger partial charge in [0.25, 0.3) is 5.91 Å². The Morgan fingerprint density at radius 2 is 1.79 bits per heavy atom. The molecule has 0 fully saturated rings. The van der Waals surface area contributed by atoms with Gasteiger partial charge in [0.05, 0.1) is 5.56 Å². The second-order valence-corrected chi connectivity index (χ2v) is 4.76. The summed E-state index contributed by atoms with van der Waals surface area (Å²) in [5.74, 6) is -1.38. The third kappa shape index (κ3) is 5.08. The summed E-state index contributed by atoms with van der Waals surface area (Å²) in [6.45, 7) is -0.329. The van der Waals surface area contributed by atoms with Gasteiger partial charge in [-0.05, 0) is 17.7 Å². The number of alkyl halides is 3. The van der Waals surface area contributed by atoms with E-state index in [1.165, 1.54) is 0 Å². The van der Waals surface area contributed by atoms with Crippen molar-refractivity contribution in [3.05, 3.63) is 65.5 Å². The summed E-state index contributed by atoms with van der Waals surface area (Å²) in [4.78, 5) is 26.5. The number of esters is 1. The first kappa shape index (κ1) is 17.5. The molecule has 1 aromatic heterocycles. The van der Waals surface area contributed by atoms with Crippen LogP contribution >= 0.6 is 0 Å². The Morgan fingerprint density at radius 1 is 1.08 bits per heavy atom. The van der Waals surface area contributed by atoms with Gasteiger partial charge in [0.15, 0.2) is 0 Å². The standard InChI is InChI=1S/C16H13F3N2O3/c17-16(18,19)13-7-6-12(8-20-13)15(23)21-9-14(22)24-10-11-4-2-1-3-5-11/h1-8H,9-10H2,(H,21,23). The van der Waals surface area contributed by atoms with Crippen LogP contribution in [0.1, 0.15) is 21.6 Å². The first-order valence-electron chi connectivity index (χ1n) is 6.87. The molecule has 1 heterocycles. The van der Waals surface area contributed by atoms with E-state index in [1.807, 2.05) is 6.07 Å². The summed E-state index contributed by atoms with van der Waals surface area (Å²) in [6, 6.07) is 10.7. The van der Waals surface area contributed by atoms with Gasteiger partial charge in [-0.15, -0.1) is 0 Å². The highest BCUT2D eigenvalue weighted by molar-refractivity contribution is 5.95. The number of rotatable bonds is 5. The Morgan fingerprint density at radius 3 is 2.38 bits per heavy atom. The van der Waals surface area contributed by atoms with Crippen LogP contribution in [-0.4, -0.2) is 23.4 Å². The van der Waals surface area contributed by atoms with Gasteiger partial charge in [-0.2, -0.15) is 13.2 Å². The molecule has 8 heteroatoms. The van der Waals surface area contributed by atoms with E-state index in [0.717, 1.165) is 17.8 Å². The number of hydrogen-bond donors (Lipinski definition) is 1. The zero-order valence-corrected chi connectivity index (χ0v) is 12.3.